The van der Waals surface area contributed by atoms with Gasteiger partial charge in [-0.3, -0.25) is 0 Å². The van der Waals surface area contributed by atoms with E-state index in [9.17, 15) is 37.1 Å². The van der Waals surface area contributed by atoms with Crippen molar-refractivity contribution >= 4 is 168 Å². The van der Waals surface area contributed by atoms with Crippen LogP contribution in [0.25, 0.3) is 5.57 Å². The molecule has 0 atom stereocenters. The van der Waals surface area contributed by atoms with Crippen molar-refractivity contribution in [3.63, 3.8) is 0 Å². The highest BCUT2D eigenvalue weighted by Crippen LogP contribution is 2.39. The number of carbonyl (C=O) groups is 5. The number of nitrogens with one attached hydrogen (secondary N) is 5. The van der Waals surface area contributed by atoms with E-state index in [0.717, 1.165) is 140 Å². The fraction of sp³-hybridized carbons (Fsp3) is 0.391. The first kappa shape index (κ1) is 95.5. The first-order valence-corrected chi connectivity index (χ1v) is 45.4. The Morgan fingerprint density at radius 2 is 0.712 bits per heavy atom. The number of urea groups is 5. The molecule has 25 nitrogen and oxygen atoms in total. The zero-order valence-corrected chi connectivity index (χ0v) is 78.2. The molecule has 0 unspecified atom stereocenters. The molecule has 5 aliphatic heterocycles. The average molecular weight is 1990 g/mol. The number of nitrogens with zero attached hydrogens (tertiary/aromatic N) is 15. The highest BCUT2D eigenvalue weighted by Gasteiger charge is 2.34. The summed E-state index contributed by atoms with van der Waals surface area (Å²) in [4.78, 5) is 104. The predicted octanol–water partition coefficient (Wildman–Crippen LogP) is 19.9. The van der Waals surface area contributed by atoms with Crippen LogP contribution in [0.5, 0.6) is 0 Å². The highest BCUT2D eigenvalue weighted by molar-refractivity contribution is 14.1. The molecule has 5 saturated heterocycles. The van der Waals surface area contributed by atoms with E-state index >= 15 is 0 Å². The molecule has 5 N–H and O–H groups in total. The fourth-order valence-corrected chi connectivity index (χ4v) is 16.9. The summed E-state index contributed by atoms with van der Waals surface area (Å²) >= 11 is 23.2. The minimum absolute atomic E-state index is 0.0346. The van der Waals surface area contributed by atoms with Crippen LogP contribution in [0.1, 0.15) is 95.4 Å². The van der Waals surface area contributed by atoms with E-state index in [2.05, 4.69) is 181 Å². The summed E-state index contributed by atoms with van der Waals surface area (Å²) in [6.07, 6.45) is 9.00. The first-order chi connectivity index (χ1) is 59.9. The van der Waals surface area contributed by atoms with Gasteiger partial charge in [0.2, 0.25) is 0 Å². The average Bonchev–Trinajstić information content (AvgIpc) is 0.836. The quantitative estimate of drug-likeness (QED) is 0.0715. The Balaban J connectivity index is 0.000000152. The van der Waals surface area contributed by atoms with E-state index < -0.39 is 11.7 Å². The van der Waals surface area contributed by atoms with Crippen LogP contribution in [-0.2, 0) is 6.18 Å². The second kappa shape index (κ2) is 45.8. The number of alkyl halides is 3. The van der Waals surface area contributed by atoms with E-state index in [1.165, 1.54) is 30.5 Å². The number of hydrogen-bond donors (Lipinski definition) is 5. The van der Waals surface area contributed by atoms with Gasteiger partial charge in [0.1, 0.15) is 29.1 Å². The molecule has 6 fully saturated rings. The van der Waals surface area contributed by atoms with Crippen LogP contribution < -0.4 is 51.1 Å². The Bertz CT molecular complexity index is 5020. The number of halogens is 8. The molecule has 664 valence electrons. The standard InChI is InChI=1S/C20H31ClN4O.C19H21ClN4O.C19H23IN4O.C18H19F3N4O.C16H16ClIN4O/c1-20(2,3)15-6-8-16(9-7-15)23-19(26)25-13-11-24(12-14-25)18-17(21)5-4-10-22-18;2*1-14(2)15-5-7-16(8-6-15)22-19(25)24-12-10-23(11-13-24)18-17(20)4-3-9-21-18;1-13-3-2-8-22-16(13)24-9-11-25(12-10-24)17(26)23-15-6-4-14(5-7-15)18(19,20)21;17-14-2-1-7-19-15(14)21-8-10-22(11-9-21)16(23)20-13-5-3-12(18)4-6-13/h4-5,10,15-16H,6-9,11-14H2,1-3H3,(H,23,26);3-9H,1,10-13H2,2H3,(H,22,25);3-9,14H,10-13H2,1-2H3,(H,22,25);2-8H,9-12H2,1H3,(H,23,26);1-7H,8-11H2,(H,20,23). The summed E-state index contributed by atoms with van der Waals surface area (Å²) in [6, 6.07) is 46.7. The number of rotatable bonds is 12. The van der Waals surface area contributed by atoms with Crippen LogP contribution in [0.15, 0.2) is 195 Å². The minimum Gasteiger partial charge on any atom is -0.353 e. The SMILES string of the molecule is C=C(C)c1ccc(NC(=O)N2CCN(c3ncccc3Cl)CC2)cc1.CC(C)(C)C1CCC(NC(=O)N2CCN(c3ncccc3Cl)CC2)CC1.CC(C)c1ccc(NC(=O)N2CCN(c3ncccc3I)CC2)cc1.Cc1cccnc1N1CCN(C(=O)Nc2ccc(C(F)(F)F)cc2)CC1.O=C(Nc1ccc(I)cc1)N1CCN(c2ncccc2Cl)CC1. The number of anilines is 9. The molecule has 1 saturated carbocycles. The largest absolute Gasteiger partial charge is 0.416 e. The second-order valence-electron chi connectivity index (χ2n) is 32.6. The van der Waals surface area contributed by atoms with E-state index in [4.69, 9.17) is 34.8 Å². The lowest BCUT2D eigenvalue weighted by atomic mass is 9.71. The smallest absolute Gasteiger partial charge is 0.353 e. The van der Waals surface area contributed by atoms with Gasteiger partial charge in [-0.15, -0.1) is 0 Å². The Morgan fingerprint density at radius 3 is 1.04 bits per heavy atom. The topological polar surface area (TPSA) is 242 Å². The Labute approximate surface area is 773 Å². The Kier molecular flexibility index (Phi) is 35.0. The summed E-state index contributed by atoms with van der Waals surface area (Å²) < 4.78 is 40.0. The van der Waals surface area contributed by atoms with E-state index in [0.29, 0.717) is 130 Å². The molecule has 10 heterocycles. The number of benzene rings is 4. The van der Waals surface area contributed by atoms with Gasteiger partial charge in [-0.2, -0.15) is 13.2 Å². The molecule has 0 radical (unpaired) electrons. The van der Waals surface area contributed by atoms with Crippen molar-refractivity contribution in [3.05, 3.63) is 240 Å². The summed E-state index contributed by atoms with van der Waals surface area (Å²) in [6.45, 7) is 32.8. The van der Waals surface area contributed by atoms with Gasteiger partial charge in [0, 0.05) is 194 Å². The first-order valence-electron chi connectivity index (χ1n) is 42.1. The molecule has 5 aromatic heterocycles. The van der Waals surface area contributed by atoms with Gasteiger partial charge >= 0.3 is 36.3 Å². The predicted molar refractivity (Wildman–Crippen MR) is 515 cm³/mol. The summed E-state index contributed by atoms with van der Waals surface area (Å²) in [5, 5.41) is 16.7. The molecule has 10 amide bonds. The van der Waals surface area contributed by atoms with Gasteiger partial charge in [-0.05, 0) is 246 Å². The third kappa shape index (κ3) is 28.2. The molecule has 15 rings (SSSR count). The zero-order valence-electron chi connectivity index (χ0n) is 71.6. The zero-order chi connectivity index (χ0) is 89.3. The molecular formula is C92H110Cl3F3I2N20O5. The maximum absolute atomic E-state index is 12.6. The van der Waals surface area contributed by atoms with Crippen molar-refractivity contribution in [1.29, 1.82) is 0 Å². The van der Waals surface area contributed by atoms with Crippen LogP contribution in [-0.4, -0.2) is 217 Å². The maximum Gasteiger partial charge on any atom is 0.416 e. The number of pyridine rings is 5. The van der Waals surface area contributed by atoms with Crippen molar-refractivity contribution in [3.8, 4) is 0 Å². The minimum atomic E-state index is -4.39. The van der Waals surface area contributed by atoms with Crippen LogP contribution in [0, 0.1) is 25.4 Å². The summed E-state index contributed by atoms with van der Waals surface area (Å²) in [5.41, 5.74) is 6.83. The number of allylic oxidation sites excluding steroid dienone is 1. The summed E-state index contributed by atoms with van der Waals surface area (Å²) in [5.74, 6) is 5.55. The molecule has 0 spiro atoms. The van der Waals surface area contributed by atoms with Gasteiger partial charge in [-0.1, -0.05) is 112 Å². The lowest BCUT2D eigenvalue weighted by molar-refractivity contribution is -0.137. The van der Waals surface area contributed by atoms with Gasteiger partial charge in [0.05, 0.1) is 24.2 Å². The number of piperazine rings is 5. The van der Waals surface area contributed by atoms with Gasteiger partial charge in [-0.25, -0.2) is 48.9 Å². The third-order valence-corrected chi connectivity index (χ3v) is 25.0. The fourth-order valence-electron chi connectivity index (χ4n) is 15.1. The van der Waals surface area contributed by atoms with Gasteiger partial charge in [0.15, 0.2) is 0 Å². The van der Waals surface area contributed by atoms with E-state index in [1.54, 1.807) is 34.6 Å². The Hall–Kier alpha value is -10.2. The van der Waals surface area contributed by atoms with Crippen molar-refractivity contribution in [1.82, 2.24) is 54.7 Å². The molecule has 125 heavy (non-hydrogen) atoms. The van der Waals surface area contributed by atoms with Gasteiger partial charge in [0.25, 0.3) is 0 Å². The molecule has 1 aliphatic carbocycles. The van der Waals surface area contributed by atoms with Crippen molar-refractivity contribution < 1.29 is 37.1 Å². The number of aromatic nitrogens is 5. The van der Waals surface area contributed by atoms with Crippen molar-refractivity contribution in [2.75, 3.05) is 177 Å². The van der Waals surface area contributed by atoms with E-state index in [-0.39, 0.29) is 30.2 Å². The van der Waals surface area contributed by atoms with Crippen molar-refractivity contribution in [2.45, 2.75) is 92.3 Å². The normalized spacial score (nSPS) is 16.7. The molecular weight excluding hydrogens is 1880 g/mol. The summed E-state index contributed by atoms with van der Waals surface area (Å²) in [7, 11) is 0. The molecule has 9 aromatic rings. The van der Waals surface area contributed by atoms with Crippen molar-refractivity contribution in [2.24, 2.45) is 11.3 Å². The Morgan fingerprint density at radius 1 is 0.408 bits per heavy atom. The van der Waals surface area contributed by atoms with E-state index in [1.807, 2.05) is 150 Å². The lowest BCUT2D eigenvalue weighted by Crippen LogP contribution is -2.54. The molecule has 6 aliphatic rings. The van der Waals surface area contributed by atoms with Crippen LogP contribution in [0.2, 0.25) is 15.1 Å². The van der Waals surface area contributed by atoms with Crippen LogP contribution in [0.3, 0.4) is 0 Å². The van der Waals surface area contributed by atoms with Crippen LogP contribution in [0.4, 0.5) is 89.0 Å². The third-order valence-electron chi connectivity index (χ3n) is 22.6. The highest BCUT2D eigenvalue weighted by atomic mass is 127. The van der Waals surface area contributed by atoms with Gasteiger partial charge < -0.3 is 75.6 Å². The molecule has 0 bridgehead atoms. The molecule has 4 aromatic carbocycles. The van der Waals surface area contributed by atoms with Crippen LogP contribution >= 0.6 is 80.0 Å². The number of carbonyl (C=O) groups excluding carboxylic acids is 5. The second-order valence-corrected chi connectivity index (χ2v) is 36.2. The lowest BCUT2D eigenvalue weighted by Gasteiger charge is -2.39. The maximum atomic E-state index is 12.6. The molecule has 33 heteroatoms. The monoisotopic (exact) mass is 1990 g/mol. The number of aryl methyl sites for hydroxylation is 1. The number of amides is 10. The number of hydrogen-bond acceptors (Lipinski definition) is 15.